The molecule has 8 nitrogen and oxygen atoms in total. The molecule has 0 aliphatic carbocycles. The molecule has 1 aliphatic heterocycles. The lowest BCUT2D eigenvalue weighted by molar-refractivity contribution is -0.124. The van der Waals surface area contributed by atoms with Crippen LogP contribution in [0, 0.1) is 0 Å². The predicted octanol–water partition coefficient (Wildman–Crippen LogP) is 4.20. The molecule has 1 aliphatic rings. The average molecular weight is 454 g/mol. The second kappa shape index (κ2) is 9.80. The summed E-state index contributed by atoms with van der Waals surface area (Å²) in [6.45, 7) is 0.595. The standard InChI is InChI=1S/C23H23N3O5S/c1-29-16-8-9-19(30-2)17(12-16)18-13-32-23(25-18)26-21(27)14-5-3-6-15(11-14)24-22(28)20-7-4-10-31-20/h3,5-6,8-9,11-13,20H,4,7,10H2,1-2H3,(H,24,28)(H,25,26,27). The van der Waals surface area contributed by atoms with Crippen LogP contribution in [0.2, 0.25) is 0 Å². The van der Waals surface area contributed by atoms with Gasteiger partial charge >= 0.3 is 0 Å². The molecule has 0 bridgehead atoms. The van der Waals surface area contributed by atoms with Gasteiger partial charge in [0.15, 0.2) is 5.13 Å². The number of rotatable bonds is 7. The summed E-state index contributed by atoms with van der Waals surface area (Å²) < 4.78 is 16.1. The van der Waals surface area contributed by atoms with E-state index in [4.69, 9.17) is 14.2 Å². The molecule has 9 heteroatoms. The van der Waals surface area contributed by atoms with Gasteiger partial charge in [0.25, 0.3) is 11.8 Å². The van der Waals surface area contributed by atoms with E-state index in [0.29, 0.717) is 46.6 Å². The van der Waals surface area contributed by atoms with Gasteiger partial charge < -0.3 is 19.5 Å². The molecule has 32 heavy (non-hydrogen) atoms. The van der Waals surface area contributed by atoms with Crippen molar-refractivity contribution in [2.45, 2.75) is 18.9 Å². The molecule has 0 radical (unpaired) electrons. The highest BCUT2D eigenvalue weighted by Crippen LogP contribution is 2.35. The van der Waals surface area contributed by atoms with Gasteiger partial charge in [-0.3, -0.25) is 14.9 Å². The van der Waals surface area contributed by atoms with Gasteiger partial charge in [0.05, 0.1) is 19.9 Å². The van der Waals surface area contributed by atoms with Crippen LogP contribution in [0.3, 0.4) is 0 Å². The third-order valence-corrected chi connectivity index (χ3v) is 5.78. The molecule has 1 unspecified atom stereocenters. The largest absolute Gasteiger partial charge is 0.497 e. The fourth-order valence-corrected chi connectivity index (χ4v) is 4.09. The van der Waals surface area contributed by atoms with Crippen LogP contribution in [0.1, 0.15) is 23.2 Å². The number of benzene rings is 2. The van der Waals surface area contributed by atoms with Crippen LogP contribution in [0.15, 0.2) is 47.8 Å². The SMILES string of the molecule is COc1ccc(OC)c(-c2csc(NC(=O)c3cccc(NC(=O)C4CCCO4)c3)n2)c1. The van der Waals surface area contributed by atoms with Crippen molar-refractivity contribution in [3.8, 4) is 22.8 Å². The number of carbonyl (C=O) groups excluding carboxylic acids is 2. The molecule has 2 amide bonds. The summed E-state index contributed by atoms with van der Waals surface area (Å²) in [4.78, 5) is 29.5. The Morgan fingerprint density at radius 1 is 1.12 bits per heavy atom. The van der Waals surface area contributed by atoms with Crippen LogP contribution in [0.5, 0.6) is 11.5 Å². The van der Waals surface area contributed by atoms with E-state index in [0.717, 1.165) is 12.0 Å². The summed E-state index contributed by atoms with van der Waals surface area (Å²) in [7, 11) is 3.18. The van der Waals surface area contributed by atoms with Gasteiger partial charge in [0.1, 0.15) is 17.6 Å². The summed E-state index contributed by atoms with van der Waals surface area (Å²) >= 11 is 1.31. The van der Waals surface area contributed by atoms with Gasteiger partial charge in [0.2, 0.25) is 0 Å². The first kappa shape index (κ1) is 21.8. The minimum atomic E-state index is -0.435. The predicted molar refractivity (Wildman–Crippen MR) is 123 cm³/mol. The molecule has 4 rings (SSSR count). The number of hydrogen-bond acceptors (Lipinski definition) is 7. The van der Waals surface area contributed by atoms with Crippen molar-refractivity contribution in [1.29, 1.82) is 0 Å². The van der Waals surface area contributed by atoms with Crippen LogP contribution < -0.4 is 20.1 Å². The average Bonchev–Trinajstić information content (AvgIpc) is 3.51. The molecule has 1 aromatic heterocycles. The van der Waals surface area contributed by atoms with Crippen LogP contribution >= 0.6 is 11.3 Å². The number of nitrogens with zero attached hydrogens (tertiary/aromatic N) is 1. The molecular weight excluding hydrogens is 430 g/mol. The molecule has 2 heterocycles. The number of methoxy groups -OCH3 is 2. The van der Waals surface area contributed by atoms with Crippen molar-refractivity contribution >= 4 is 34.0 Å². The molecule has 0 spiro atoms. The highest BCUT2D eigenvalue weighted by molar-refractivity contribution is 7.14. The first-order chi connectivity index (χ1) is 15.6. The summed E-state index contributed by atoms with van der Waals surface area (Å²) in [5.41, 5.74) is 2.38. The minimum Gasteiger partial charge on any atom is -0.497 e. The van der Waals surface area contributed by atoms with E-state index >= 15 is 0 Å². The molecule has 0 saturated carbocycles. The maximum absolute atomic E-state index is 12.8. The quantitative estimate of drug-likeness (QED) is 0.556. The fraction of sp³-hybridized carbons (Fsp3) is 0.261. The number of anilines is 2. The number of hydrogen-bond donors (Lipinski definition) is 2. The Hall–Kier alpha value is -3.43. The topological polar surface area (TPSA) is 98.8 Å². The Morgan fingerprint density at radius 3 is 2.75 bits per heavy atom. The highest BCUT2D eigenvalue weighted by Gasteiger charge is 2.23. The molecule has 2 aromatic carbocycles. The van der Waals surface area contributed by atoms with Gasteiger partial charge in [-0.25, -0.2) is 4.98 Å². The van der Waals surface area contributed by atoms with E-state index < -0.39 is 6.10 Å². The number of aromatic nitrogens is 1. The highest BCUT2D eigenvalue weighted by atomic mass is 32.1. The van der Waals surface area contributed by atoms with Gasteiger partial charge in [-0.05, 0) is 49.2 Å². The zero-order chi connectivity index (χ0) is 22.5. The van der Waals surface area contributed by atoms with Crippen molar-refractivity contribution < 1.29 is 23.8 Å². The Morgan fingerprint density at radius 2 is 2.00 bits per heavy atom. The van der Waals surface area contributed by atoms with Crippen LogP contribution in [-0.4, -0.2) is 43.7 Å². The van der Waals surface area contributed by atoms with Gasteiger partial charge in [0, 0.05) is 28.8 Å². The smallest absolute Gasteiger partial charge is 0.257 e. The van der Waals surface area contributed by atoms with E-state index in [2.05, 4.69) is 15.6 Å². The number of ether oxygens (including phenoxy) is 3. The number of amides is 2. The summed E-state index contributed by atoms with van der Waals surface area (Å²) in [6, 6.07) is 12.2. The number of carbonyl (C=O) groups is 2. The van der Waals surface area contributed by atoms with Gasteiger partial charge in [-0.15, -0.1) is 11.3 Å². The summed E-state index contributed by atoms with van der Waals surface area (Å²) in [5, 5.41) is 7.90. The van der Waals surface area contributed by atoms with Gasteiger partial charge in [-0.1, -0.05) is 6.07 Å². The van der Waals surface area contributed by atoms with E-state index in [-0.39, 0.29) is 11.8 Å². The molecule has 1 fully saturated rings. The summed E-state index contributed by atoms with van der Waals surface area (Å²) in [6.07, 6.45) is 1.14. The van der Waals surface area contributed by atoms with E-state index in [1.54, 1.807) is 38.5 Å². The van der Waals surface area contributed by atoms with Crippen molar-refractivity contribution in [2.24, 2.45) is 0 Å². The Labute approximate surface area is 189 Å². The molecular formula is C23H23N3O5S. The Bertz CT molecular complexity index is 1120. The first-order valence-corrected chi connectivity index (χ1v) is 11.0. The van der Waals surface area contributed by atoms with Crippen molar-refractivity contribution in [1.82, 2.24) is 4.98 Å². The maximum atomic E-state index is 12.8. The van der Waals surface area contributed by atoms with Crippen LogP contribution in [0.25, 0.3) is 11.3 Å². The third kappa shape index (κ3) is 4.90. The van der Waals surface area contributed by atoms with Crippen molar-refractivity contribution in [3.05, 3.63) is 53.4 Å². The van der Waals surface area contributed by atoms with Crippen molar-refractivity contribution in [2.75, 3.05) is 31.5 Å². The first-order valence-electron chi connectivity index (χ1n) is 10.1. The summed E-state index contributed by atoms with van der Waals surface area (Å²) in [5.74, 6) is 0.818. The van der Waals surface area contributed by atoms with E-state index in [9.17, 15) is 9.59 Å². The Kier molecular flexibility index (Phi) is 6.67. The van der Waals surface area contributed by atoms with Crippen molar-refractivity contribution in [3.63, 3.8) is 0 Å². The maximum Gasteiger partial charge on any atom is 0.257 e. The lowest BCUT2D eigenvalue weighted by Gasteiger charge is -2.11. The molecule has 166 valence electrons. The Balaban J connectivity index is 1.46. The monoisotopic (exact) mass is 453 g/mol. The number of thiazole rings is 1. The molecule has 1 atom stereocenters. The van der Waals surface area contributed by atoms with Gasteiger partial charge in [-0.2, -0.15) is 0 Å². The lowest BCUT2D eigenvalue weighted by Crippen LogP contribution is -2.27. The van der Waals surface area contributed by atoms with Crippen LogP contribution in [-0.2, 0) is 9.53 Å². The second-order valence-electron chi connectivity index (χ2n) is 7.13. The molecule has 3 aromatic rings. The fourth-order valence-electron chi connectivity index (χ4n) is 3.38. The normalized spacial score (nSPS) is 15.2. The lowest BCUT2D eigenvalue weighted by atomic mass is 10.1. The zero-order valence-electron chi connectivity index (χ0n) is 17.7. The van der Waals surface area contributed by atoms with E-state index in [1.165, 1.54) is 11.3 Å². The minimum absolute atomic E-state index is 0.197. The second-order valence-corrected chi connectivity index (χ2v) is 7.99. The molecule has 2 N–H and O–H groups in total. The third-order valence-electron chi connectivity index (χ3n) is 5.02. The molecule has 1 saturated heterocycles. The zero-order valence-corrected chi connectivity index (χ0v) is 18.5. The number of nitrogens with one attached hydrogen (secondary N) is 2. The van der Waals surface area contributed by atoms with Crippen LogP contribution in [0.4, 0.5) is 10.8 Å². The van der Waals surface area contributed by atoms with E-state index in [1.807, 2.05) is 23.6 Å².